The molecule has 2 aliphatic rings. The molecule has 178 valence electrons. The van der Waals surface area contributed by atoms with Crippen LogP contribution in [0.25, 0.3) is 10.8 Å². The summed E-state index contributed by atoms with van der Waals surface area (Å²) >= 11 is 0. The number of aromatic nitrogens is 3. The maximum atomic E-state index is 12.3. The lowest BCUT2D eigenvalue weighted by Crippen LogP contribution is -2.34. The number of amides is 1. The Balaban J connectivity index is 1.33. The van der Waals surface area contributed by atoms with Crippen LogP contribution in [-0.2, 0) is 17.8 Å². The molecule has 0 saturated carbocycles. The molecule has 1 aromatic carbocycles. The van der Waals surface area contributed by atoms with Crippen molar-refractivity contribution in [2.24, 2.45) is 5.92 Å². The summed E-state index contributed by atoms with van der Waals surface area (Å²) in [5.41, 5.74) is 2.31. The fraction of sp³-hybridized carbons (Fsp3) is 0.481. The van der Waals surface area contributed by atoms with Crippen molar-refractivity contribution in [2.75, 3.05) is 44.2 Å². The molecule has 2 fully saturated rings. The molecule has 0 unspecified atom stereocenters. The summed E-state index contributed by atoms with van der Waals surface area (Å²) in [5.74, 6) is 1.34. The number of piperidine rings is 1. The number of carbonyl (C=O) groups excluding carboxylic acids is 1. The first-order chi connectivity index (χ1) is 16.7. The molecule has 4 heterocycles. The van der Waals surface area contributed by atoms with E-state index in [0.717, 1.165) is 63.9 Å². The molecular weight excluding hydrogens is 424 g/mol. The second-order valence-corrected chi connectivity index (χ2v) is 9.69. The molecule has 0 bridgehead atoms. The summed E-state index contributed by atoms with van der Waals surface area (Å²) in [7, 11) is 0. The normalized spacial score (nSPS) is 19.9. The Labute approximate surface area is 201 Å². The van der Waals surface area contributed by atoms with E-state index in [1.54, 1.807) is 6.92 Å². The lowest BCUT2D eigenvalue weighted by atomic mass is 9.96. The molecule has 7 nitrogen and oxygen atoms in total. The highest BCUT2D eigenvalue weighted by Gasteiger charge is 2.25. The first kappa shape index (κ1) is 22.7. The predicted molar refractivity (Wildman–Crippen MR) is 135 cm³/mol. The molecule has 0 aliphatic carbocycles. The summed E-state index contributed by atoms with van der Waals surface area (Å²) in [6, 6.07) is 10.5. The molecule has 3 aromatic rings. The Morgan fingerprint density at radius 1 is 1.00 bits per heavy atom. The lowest BCUT2D eigenvalue weighted by Gasteiger charge is -2.27. The van der Waals surface area contributed by atoms with E-state index in [1.807, 2.05) is 29.6 Å². The van der Waals surface area contributed by atoms with Crippen LogP contribution in [0.2, 0.25) is 0 Å². The van der Waals surface area contributed by atoms with Crippen LogP contribution < -0.4 is 4.90 Å². The van der Waals surface area contributed by atoms with E-state index in [4.69, 9.17) is 4.98 Å². The standard InChI is InChI=1S/C27H34N6O/c1-21(34)33-14-13-31(20-25-9-10-29-27(30-25)32-11-5-2-6-12-32)18-22(19-33)15-24-17-28-16-23-7-3-4-8-26(23)24/h3-4,7-10,16-17,22H,2,5-6,11-15,18-20H2,1H3/t22-/m0/s1. The quantitative estimate of drug-likeness (QED) is 0.583. The van der Waals surface area contributed by atoms with Gasteiger partial charge in [0.05, 0.1) is 5.69 Å². The molecular formula is C27H34N6O. The number of pyridine rings is 1. The molecule has 2 saturated heterocycles. The number of rotatable bonds is 5. The zero-order valence-corrected chi connectivity index (χ0v) is 20.1. The van der Waals surface area contributed by atoms with Crippen LogP contribution in [-0.4, -0.2) is 69.9 Å². The van der Waals surface area contributed by atoms with Gasteiger partial charge in [-0.1, -0.05) is 24.3 Å². The summed E-state index contributed by atoms with van der Waals surface area (Å²) in [6.07, 6.45) is 10.4. The third kappa shape index (κ3) is 5.36. The van der Waals surface area contributed by atoms with Crippen LogP contribution >= 0.6 is 0 Å². The van der Waals surface area contributed by atoms with Gasteiger partial charge in [0, 0.05) is 76.7 Å². The van der Waals surface area contributed by atoms with Gasteiger partial charge in [-0.15, -0.1) is 0 Å². The van der Waals surface area contributed by atoms with E-state index in [9.17, 15) is 4.79 Å². The third-order valence-corrected chi connectivity index (χ3v) is 7.11. The zero-order chi connectivity index (χ0) is 23.3. The fourth-order valence-corrected chi connectivity index (χ4v) is 5.34. The summed E-state index contributed by atoms with van der Waals surface area (Å²) in [5, 5.41) is 2.42. The minimum atomic E-state index is 0.150. The van der Waals surface area contributed by atoms with Crippen LogP contribution in [0.15, 0.2) is 48.9 Å². The smallest absolute Gasteiger partial charge is 0.225 e. The molecule has 2 aliphatic heterocycles. The zero-order valence-electron chi connectivity index (χ0n) is 20.1. The average Bonchev–Trinajstić information content (AvgIpc) is 3.07. The monoisotopic (exact) mass is 458 g/mol. The van der Waals surface area contributed by atoms with Gasteiger partial charge >= 0.3 is 0 Å². The van der Waals surface area contributed by atoms with E-state index in [2.05, 4.69) is 44.0 Å². The number of anilines is 1. The van der Waals surface area contributed by atoms with Gasteiger partial charge in [-0.2, -0.15) is 0 Å². The Kier molecular flexibility index (Phi) is 7.00. The van der Waals surface area contributed by atoms with Crippen molar-refractivity contribution in [1.82, 2.24) is 24.8 Å². The SMILES string of the molecule is CC(=O)N1CCN(Cc2ccnc(N3CCCCC3)n2)C[C@H](Cc2cncc3ccccc23)C1. The van der Waals surface area contributed by atoms with Gasteiger partial charge in [-0.3, -0.25) is 14.7 Å². The number of carbonyl (C=O) groups is 1. The van der Waals surface area contributed by atoms with Gasteiger partial charge in [0.15, 0.2) is 0 Å². The minimum Gasteiger partial charge on any atom is -0.341 e. The molecule has 1 amide bonds. The van der Waals surface area contributed by atoms with Gasteiger partial charge in [-0.05, 0) is 48.6 Å². The molecule has 34 heavy (non-hydrogen) atoms. The van der Waals surface area contributed by atoms with Gasteiger partial charge in [-0.25, -0.2) is 9.97 Å². The first-order valence-electron chi connectivity index (χ1n) is 12.5. The van der Waals surface area contributed by atoms with Crippen molar-refractivity contribution in [1.29, 1.82) is 0 Å². The van der Waals surface area contributed by atoms with E-state index in [0.29, 0.717) is 5.92 Å². The average molecular weight is 459 g/mol. The number of hydrogen-bond donors (Lipinski definition) is 0. The first-order valence-corrected chi connectivity index (χ1v) is 12.5. The van der Waals surface area contributed by atoms with Crippen molar-refractivity contribution in [3.63, 3.8) is 0 Å². The fourth-order valence-electron chi connectivity index (χ4n) is 5.34. The number of benzene rings is 1. The second-order valence-electron chi connectivity index (χ2n) is 9.69. The number of nitrogens with zero attached hydrogens (tertiary/aromatic N) is 6. The molecule has 0 radical (unpaired) electrons. The van der Waals surface area contributed by atoms with E-state index >= 15 is 0 Å². The predicted octanol–water partition coefficient (Wildman–Crippen LogP) is 3.54. The largest absolute Gasteiger partial charge is 0.341 e. The highest BCUT2D eigenvalue weighted by Crippen LogP contribution is 2.23. The minimum absolute atomic E-state index is 0.150. The van der Waals surface area contributed by atoms with Crippen LogP contribution in [0.3, 0.4) is 0 Å². The molecule has 0 N–H and O–H groups in total. The Bertz CT molecular complexity index is 1120. The van der Waals surface area contributed by atoms with Crippen LogP contribution in [0.5, 0.6) is 0 Å². The second kappa shape index (κ2) is 10.5. The van der Waals surface area contributed by atoms with E-state index in [-0.39, 0.29) is 5.91 Å². The third-order valence-electron chi connectivity index (χ3n) is 7.11. The Hall–Kier alpha value is -3.06. The molecule has 1 atom stereocenters. The highest BCUT2D eigenvalue weighted by atomic mass is 16.2. The maximum Gasteiger partial charge on any atom is 0.225 e. The maximum absolute atomic E-state index is 12.3. The van der Waals surface area contributed by atoms with Crippen molar-refractivity contribution in [3.8, 4) is 0 Å². The van der Waals surface area contributed by atoms with Crippen LogP contribution in [0.1, 0.15) is 37.4 Å². The number of hydrogen-bond acceptors (Lipinski definition) is 6. The summed E-state index contributed by atoms with van der Waals surface area (Å²) in [6.45, 7) is 7.86. The summed E-state index contributed by atoms with van der Waals surface area (Å²) < 4.78 is 0. The molecule has 0 spiro atoms. The molecule has 2 aromatic heterocycles. The van der Waals surface area contributed by atoms with Crippen LogP contribution in [0, 0.1) is 5.92 Å². The van der Waals surface area contributed by atoms with Gasteiger partial charge < -0.3 is 9.80 Å². The topological polar surface area (TPSA) is 65.5 Å². The van der Waals surface area contributed by atoms with Gasteiger partial charge in [0.25, 0.3) is 0 Å². The van der Waals surface area contributed by atoms with E-state index in [1.165, 1.54) is 35.6 Å². The Morgan fingerprint density at radius 3 is 2.71 bits per heavy atom. The summed E-state index contributed by atoms with van der Waals surface area (Å²) in [4.78, 5) is 33.0. The van der Waals surface area contributed by atoms with Crippen LogP contribution in [0.4, 0.5) is 5.95 Å². The number of fused-ring (bicyclic) bond motifs is 1. The molecule has 5 rings (SSSR count). The Morgan fingerprint density at radius 2 is 1.85 bits per heavy atom. The van der Waals surface area contributed by atoms with Crippen molar-refractivity contribution < 1.29 is 4.79 Å². The van der Waals surface area contributed by atoms with Crippen molar-refractivity contribution in [2.45, 2.75) is 39.2 Å². The lowest BCUT2D eigenvalue weighted by molar-refractivity contribution is -0.129. The highest BCUT2D eigenvalue weighted by molar-refractivity contribution is 5.84. The van der Waals surface area contributed by atoms with E-state index < -0.39 is 0 Å². The van der Waals surface area contributed by atoms with Gasteiger partial charge in [0.1, 0.15) is 0 Å². The van der Waals surface area contributed by atoms with Gasteiger partial charge in [0.2, 0.25) is 11.9 Å². The van der Waals surface area contributed by atoms with Crippen molar-refractivity contribution in [3.05, 3.63) is 60.2 Å². The molecule has 7 heteroatoms. The van der Waals surface area contributed by atoms with Crippen molar-refractivity contribution >= 4 is 22.6 Å².